The van der Waals surface area contributed by atoms with E-state index in [1.54, 1.807) is 12.1 Å². The summed E-state index contributed by atoms with van der Waals surface area (Å²) in [6.07, 6.45) is 2.57. The number of hydrogen-bond donors (Lipinski definition) is 2. The zero-order chi connectivity index (χ0) is 19.6. The fraction of sp³-hybridized carbons (Fsp3) is 0.579. The summed E-state index contributed by atoms with van der Waals surface area (Å²) in [5, 5.41) is 2.62. The summed E-state index contributed by atoms with van der Waals surface area (Å²) in [5.41, 5.74) is 6.85. The highest BCUT2D eigenvalue weighted by molar-refractivity contribution is 5.90. The lowest BCUT2D eigenvalue weighted by Crippen LogP contribution is -2.58. The van der Waals surface area contributed by atoms with Gasteiger partial charge in [0.2, 0.25) is 5.91 Å². The van der Waals surface area contributed by atoms with Crippen molar-refractivity contribution in [2.75, 3.05) is 29.4 Å². The molecule has 2 fully saturated rings. The van der Waals surface area contributed by atoms with Crippen LogP contribution in [0, 0.1) is 5.82 Å². The molecule has 1 aromatic rings. The van der Waals surface area contributed by atoms with Crippen molar-refractivity contribution in [2.45, 2.75) is 51.3 Å². The van der Waals surface area contributed by atoms with Crippen LogP contribution >= 0.6 is 0 Å². The number of nitrogens with two attached hydrogens (primary N) is 1. The molecule has 148 valence electrons. The Hall–Kier alpha value is -2.35. The van der Waals surface area contributed by atoms with Crippen molar-refractivity contribution in [1.82, 2.24) is 5.32 Å². The molecule has 0 aliphatic carbocycles. The quantitative estimate of drug-likeness (QED) is 0.821. The van der Waals surface area contributed by atoms with Crippen LogP contribution in [-0.2, 0) is 9.53 Å². The SMILES string of the molecule is CCC1(N)CCCCN1c1ccc(N2CC(CNC(C)=O)OC2=O)cc1F. The topological polar surface area (TPSA) is 87.9 Å². The summed E-state index contributed by atoms with van der Waals surface area (Å²) < 4.78 is 20.1. The number of carbonyl (C=O) groups excluding carboxylic acids is 2. The third-order valence-corrected chi connectivity index (χ3v) is 5.38. The number of carbonyl (C=O) groups is 2. The van der Waals surface area contributed by atoms with Crippen molar-refractivity contribution in [2.24, 2.45) is 5.73 Å². The van der Waals surface area contributed by atoms with Crippen LogP contribution in [0.1, 0.15) is 39.5 Å². The number of benzene rings is 1. The van der Waals surface area contributed by atoms with Gasteiger partial charge >= 0.3 is 6.09 Å². The predicted molar refractivity (Wildman–Crippen MR) is 101 cm³/mol. The lowest BCUT2D eigenvalue weighted by Gasteiger charge is -2.46. The summed E-state index contributed by atoms with van der Waals surface area (Å²) in [6, 6.07) is 4.74. The lowest BCUT2D eigenvalue weighted by atomic mass is 9.92. The zero-order valence-electron chi connectivity index (χ0n) is 15.8. The van der Waals surface area contributed by atoms with Crippen LogP contribution in [0.3, 0.4) is 0 Å². The third kappa shape index (κ3) is 4.00. The number of cyclic esters (lactones) is 1. The number of halogens is 1. The van der Waals surface area contributed by atoms with E-state index < -0.39 is 23.7 Å². The van der Waals surface area contributed by atoms with Gasteiger partial charge in [-0.15, -0.1) is 0 Å². The Morgan fingerprint density at radius 3 is 2.89 bits per heavy atom. The van der Waals surface area contributed by atoms with Gasteiger partial charge in [0, 0.05) is 13.5 Å². The van der Waals surface area contributed by atoms with Gasteiger partial charge in [-0.2, -0.15) is 0 Å². The fourth-order valence-corrected chi connectivity index (χ4v) is 3.77. The van der Waals surface area contributed by atoms with Crippen LogP contribution in [0.15, 0.2) is 18.2 Å². The van der Waals surface area contributed by atoms with E-state index in [-0.39, 0.29) is 19.0 Å². The molecule has 2 amide bonds. The maximum Gasteiger partial charge on any atom is 0.414 e. The average molecular weight is 378 g/mol. The van der Waals surface area contributed by atoms with Gasteiger partial charge in [-0.05, 0) is 43.9 Å². The van der Waals surface area contributed by atoms with Gasteiger partial charge in [-0.25, -0.2) is 9.18 Å². The van der Waals surface area contributed by atoms with Crippen LogP contribution in [0.2, 0.25) is 0 Å². The predicted octanol–water partition coefficient (Wildman–Crippen LogP) is 2.34. The van der Waals surface area contributed by atoms with Gasteiger partial charge in [-0.1, -0.05) is 6.92 Å². The maximum atomic E-state index is 14.9. The monoisotopic (exact) mass is 378 g/mol. The minimum absolute atomic E-state index is 0.192. The van der Waals surface area contributed by atoms with Crippen molar-refractivity contribution >= 4 is 23.4 Å². The van der Waals surface area contributed by atoms with Gasteiger partial charge in [0.1, 0.15) is 11.9 Å². The van der Waals surface area contributed by atoms with E-state index in [0.29, 0.717) is 17.9 Å². The molecule has 2 saturated heterocycles. The largest absolute Gasteiger partial charge is 0.442 e. The van der Waals surface area contributed by atoms with Crippen LogP contribution in [0.4, 0.5) is 20.6 Å². The Labute approximate surface area is 158 Å². The van der Waals surface area contributed by atoms with Crippen LogP contribution in [0.5, 0.6) is 0 Å². The average Bonchev–Trinajstić information content (AvgIpc) is 3.01. The van der Waals surface area contributed by atoms with Gasteiger partial charge in [0.25, 0.3) is 0 Å². The molecule has 1 aromatic carbocycles. The molecule has 27 heavy (non-hydrogen) atoms. The number of piperidine rings is 1. The number of amides is 2. The highest BCUT2D eigenvalue weighted by atomic mass is 19.1. The minimum Gasteiger partial charge on any atom is -0.442 e. The molecule has 2 aliphatic heterocycles. The second-order valence-corrected chi connectivity index (χ2v) is 7.26. The van der Waals surface area contributed by atoms with E-state index in [2.05, 4.69) is 5.32 Å². The molecule has 2 heterocycles. The first-order valence-corrected chi connectivity index (χ1v) is 9.42. The van der Waals surface area contributed by atoms with Crippen LogP contribution in [0.25, 0.3) is 0 Å². The molecule has 2 unspecified atom stereocenters. The summed E-state index contributed by atoms with van der Waals surface area (Å²) in [4.78, 5) is 26.5. The van der Waals surface area contributed by atoms with Crippen molar-refractivity contribution in [3.8, 4) is 0 Å². The van der Waals surface area contributed by atoms with Crippen molar-refractivity contribution < 1.29 is 18.7 Å². The standard InChI is InChI=1S/C19H27FN4O3/c1-3-19(21)8-4-5-9-24(19)17-7-6-14(10-16(17)20)23-12-15(27-18(23)26)11-22-13(2)25/h6-7,10,15H,3-5,8-9,11-12,21H2,1-2H3,(H,22,25). The number of nitrogens with zero attached hydrogens (tertiary/aromatic N) is 2. The minimum atomic E-state index is -0.545. The number of rotatable bonds is 5. The summed E-state index contributed by atoms with van der Waals surface area (Å²) in [7, 11) is 0. The summed E-state index contributed by atoms with van der Waals surface area (Å²) in [5.74, 6) is -0.599. The maximum absolute atomic E-state index is 14.9. The first kappa shape index (κ1) is 19.4. The van der Waals surface area contributed by atoms with E-state index >= 15 is 0 Å². The molecule has 3 N–H and O–H groups in total. The molecule has 0 spiro atoms. The van der Waals surface area contributed by atoms with E-state index in [0.717, 1.165) is 25.7 Å². The van der Waals surface area contributed by atoms with Crippen molar-refractivity contribution in [1.29, 1.82) is 0 Å². The highest BCUT2D eigenvalue weighted by Gasteiger charge is 2.36. The van der Waals surface area contributed by atoms with Gasteiger partial charge in [0.15, 0.2) is 0 Å². The second-order valence-electron chi connectivity index (χ2n) is 7.26. The van der Waals surface area contributed by atoms with E-state index in [1.807, 2.05) is 11.8 Å². The molecular formula is C19H27FN4O3. The van der Waals surface area contributed by atoms with Crippen molar-refractivity contribution in [3.05, 3.63) is 24.0 Å². The van der Waals surface area contributed by atoms with Gasteiger partial charge in [0.05, 0.1) is 30.1 Å². The smallest absolute Gasteiger partial charge is 0.414 e. The first-order valence-electron chi connectivity index (χ1n) is 9.42. The number of ether oxygens (including phenoxy) is 1. The van der Waals surface area contributed by atoms with Gasteiger partial charge < -0.3 is 20.7 Å². The molecule has 2 aliphatic rings. The number of hydrogen-bond acceptors (Lipinski definition) is 5. The lowest BCUT2D eigenvalue weighted by molar-refractivity contribution is -0.119. The van der Waals surface area contributed by atoms with Crippen molar-refractivity contribution in [3.63, 3.8) is 0 Å². The molecule has 0 bridgehead atoms. The van der Waals surface area contributed by atoms with Crippen LogP contribution in [-0.4, -0.2) is 43.4 Å². The molecule has 0 saturated carbocycles. The Kier molecular flexibility index (Phi) is 5.55. The summed E-state index contributed by atoms with van der Waals surface area (Å²) >= 11 is 0. The van der Waals surface area contributed by atoms with E-state index in [9.17, 15) is 14.0 Å². The molecule has 2 atom stereocenters. The van der Waals surface area contributed by atoms with E-state index in [4.69, 9.17) is 10.5 Å². The number of nitrogens with one attached hydrogen (secondary N) is 1. The Morgan fingerprint density at radius 2 is 2.22 bits per heavy atom. The summed E-state index contributed by atoms with van der Waals surface area (Å²) in [6.45, 7) is 4.62. The molecule has 0 aromatic heterocycles. The van der Waals surface area contributed by atoms with Gasteiger partial charge in [-0.3, -0.25) is 9.69 Å². The van der Waals surface area contributed by atoms with E-state index in [1.165, 1.54) is 17.9 Å². The number of anilines is 2. The van der Waals surface area contributed by atoms with Crippen LogP contribution < -0.4 is 20.9 Å². The third-order valence-electron chi connectivity index (χ3n) is 5.38. The molecular weight excluding hydrogens is 351 g/mol. The zero-order valence-corrected chi connectivity index (χ0v) is 15.8. The molecule has 3 rings (SSSR count). The Bertz CT molecular complexity index is 729. The highest BCUT2D eigenvalue weighted by Crippen LogP contribution is 2.35. The normalized spacial score (nSPS) is 25.5. The second kappa shape index (κ2) is 7.72. The fourth-order valence-electron chi connectivity index (χ4n) is 3.77. The molecule has 8 heteroatoms. The molecule has 0 radical (unpaired) electrons. The Balaban J connectivity index is 1.77. The molecule has 7 nitrogen and oxygen atoms in total. The first-order chi connectivity index (χ1) is 12.8. The Morgan fingerprint density at radius 1 is 1.44 bits per heavy atom.